The Hall–Kier alpha value is -2.62. The number of benzene rings is 1. The summed E-state index contributed by atoms with van der Waals surface area (Å²) in [5.41, 5.74) is 3.37. The zero-order valence-corrected chi connectivity index (χ0v) is 14.4. The van der Waals surface area contributed by atoms with Crippen molar-refractivity contribution < 1.29 is 9.21 Å². The number of hydrogen-bond acceptors (Lipinski definition) is 3. The summed E-state index contributed by atoms with van der Waals surface area (Å²) < 4.78 is 5.43. The number of amides is 1. The van der Waals surface area contributed by atoms with E-state index in [1.807, 2.05) is 36.4 Å². The van der Waals surface area contributed by atoms with Gasteiger partial charge in [0.25, 0.3) is 5.91 Å². The van der Waals surface area contributed by atoms with E-state index in [-0.39, 0.29) is 5.91 Å². The van der Waals surface area contributed by atoms with E-state index >= 15 is 0 Å². The van der Waals surface area contributed by atoms with E-state index in [0.29, 0.717) is 11.6 Å². The summed E-state index contributed by atoms with van der Waals surface area (Å²) >= 11 is 0. The van der Waals surface area contributed by atoms with Crippen molar-refractivity contribution in [2.75, 3.05) is 0 Å². The first-order valence-corrected chi connectivity index (χ1v) is 8.94. The van der Waals surface area contributed by atoms with Crippen LogP contribution in [0.1, 0.15) is 43.0 Å². The third-order valence-corrected chi connectivity index (χ3v) is 5.15. The lowest BCUT2D eigenvalue weighted by Gasteiger charge is -2.26. The van der Waals surface area contributed by atoms with Gasteiger partial charge in [0.2, 0.25) is 0 Å². The molecule has 2 aromatic heterocycles. The van der Waals surface area contributed by atoms with Crippen molar-refractivity contribution >= 4 is 16.9 Å². The van der Waals surface area contributed by atoms with Gasteiger partial charge < -0.3 is 9.73 Å². The Balaban J connectivity index is 1.50. The van der Waals surface area contributed by atoms with Gasteiger partial charge in [-0.05, 0) is 55.9 Å². The predicted molar refractivity (Wildman–Crippen MR) is 98.3 cm³/mol. The lowest BCUT2D eigenvalue weighted by molar-refractivity contribution is 0.0923. The van der Waals surface area contributed by atoms with Gasteiger partial charge in [-0.25, -0.2) is 0 Å². The van der Waals surface area contributed by atoms with Crippen LogP contribution < -0.4 is 5.32 Å². The normalized spacial score (nSPS) is 20.5. The molecule has 0 radical (unpaired) electrons. The van der Waals surface area contributed by atoms with Gasteiger partial charge in [-0.1, -0.05) is 19.1 Å². The zero-order chi connectivity index (χ0) is 17.2. The Morgan fingerprint density at radius 2 is 1.84 bits per heavy atom. The van der Waals surface area contributed by atoms with Gasteiger partial charge in [0.1, 0.15) is 5.58 Å². The fourth-order valence-corrected chi connectivity index (χ4v) is 3.58. The van der Waals surface area contributed by atoms with E-state index in [2.05, 4.69) is 17.2 Å². The molecule has 0 saturated heterocycles. The molecule has 3 aromatic rings. The monoisotopic (exact) mass is 334 g/mol. The first kappa shape index (κ1) is 15.9. The van der Waals surface area contributed by atoms with Gasteiger partial charge >= 0.3 is 0 Å². The largest absolute Gasteiger partial charge is 0.464 e. The molecule has 128 valence electrons. The molecule has 0 atom stereocenters. The molecule has 0 aliphatic heterocycles. The third-order valence-electron chi connectivity index (χ3n) is 5.15. The minimum absolute atomic E-state index is 0.0144. The van der Waals surface area contributed by atoms with Crippen LogP contribution in [0.4, 0.5) is 0 Å². The number of carbonyl (C=O) groups excluding carboxylic acids is 1. The molecule has 1 aliphatic carbocycles. The van der Waals surface area contributed by atoms with Gasteiger partial charge in [0, 0.05) is 28.8 Å². The van der Waals surface area contributed by atoms with Crippen molar-refractivity contribution in [3.8, 4) is 11.3 Å². The molecule has 1 amide bonds. The maximum atomic E-state index is 12.5. The zero-order valence-electron chi connectivity index (χ0n) is 14.4. The van der Waals surface area contributed by atoms with Crippen LogP contribution >= 0.6 is 0 Å². The summed E-state index contributed by atoms with van der Waals surface area (Å²) in [7, 11) is 0. The van der Waals surface area contributed by atoms with E-state index in [1.165, 1.54) is 12.8 Å². The number of fused-ring (bicyclic) bond motifs is 1. The summed E-state index contributed by atoms with van der Waals surface area (Å²) in [4.78, 5) is 16.9. The van der Waals surface area contributed by atoms with E-state index in [0.717, 1.165) is 41.0 Å². The first-order valence-electron chi connectivity index (χ1n) is 8.94. The van der Waals surface area contributed by atoms with Crippen molar-refractivity contribution in [2.45, 2.75) is 38.6 Å². The molecule has 0 spiro atoms. The van der Waals surface area contributed by atoms with E-state index < -0.39 is 0 Å². The Bertz CT molecular complexity index is 874. The molecule has 4 nitrogen and oxygen atoms in total. The van der Waals surface area contributed by atoms with Crippen molar-refractivity contribution in [3.05, 3.63) is 54.4 Å². The highest BCUT2D eigenvalue weighted by Gasteiger charge is 2.20. The first-order chi connectivity index (χ1) is 12.2. The average Bonchev–Trinajstić information content (AvgIpc) is 3.12. The van der Waals surface area contributed by atoms with E-state index in [4.69, 9.17) is 4.42 Å². The minimum atomic E-state index is 0.0144. The Morgan fingerprint density at radius 3 is 2.60 bits per heavy atom. The number of rotatable bonds is 3. The molecule has 4 heteroatoms. The fraction of sp³-hybridized carbons (Fsp3) is 0.333. The van der Waals surface area contributed by atoms with Crippen molar-refractivity contribution in [1.82, 2.24) is 10.3 Å². The maximum absolute atomic E-state index is 12.5. The smallest absolute Gasteiger partial charge is 0.251 e. The molecule has 1 saturated carbocycles. The number of nitrogens with zero attached hydrogens (tertiary/aromatic N) is 1. The predicted octanol–water partition coefficient (Wildman–Crippen LogP) is 4.80. The summed E-state index contributed by atoms with van der Waals surface area (Å²) in [6.07, 6.45) is 7.97. The number of nitrogens with one attached hydrogen (secondary N) is 1. The topological polar surface area (TPSA) is 55.1 Å². The number of carbonyl (C=O) groups is 1. The SMILES string of the molecule is CC1CCC(NC(=O)c2ccc(-c3nccc4occc34)cc2)CC1. The summed E-state index contributed by atoms with van der Waals surface area (Å²) in [5.74, 6) is 0.797. The number of furan rings is 1. The van der Waals surface area contributed by atoms with Crippen LogP contribution in [0, 0.1) is 5.92 Å². The van der Waals surface area contributed by atoms with Crippen LogP contribution in [-0.2, 0) is 0 Å². The molecule has 0 unspecified atom stereocenters. The molecule has 1 aromatic carbocycles. The molecule has 2 heterocycles. The van der Waals surface area contributed by atoms with Gasteiger partial charge in [0.05, 0.1) is 12.0 Å². The summed E-state index contributed by atoms with van der Waals surface area (Å²) in [6.45, 7) is 2.28. The molecule has 0 bridgehead atoms. The molecule has 1 N–H and O–H groups in total. The Morgan fingerprint density at radius 1 is 1.08 bits per heavy atom. The molecule has 1 fully saturated rings. The molecule has 4 rings (SSSR count). The molecular formula is C21H22N2O2. The Labute approximate surface area is 147 Å². The van der Waals surface area contributed by atoms with Crippen LogP contribution in [0.3, 0.4) is 0 Å². The maximum Gasteiger partial charge on any atom is 0.251 e. The number of aromatic nitrogens is 1. The number of pyridine rings is 1. The highest BCUT2D eigenvalue weighted by molar-refractivity contribution is 5.96. The lowest BCUT2D eigenvalue weighted by atomic mass is 9.87. The number of hydrogen-bond donors (Lipinski definition) is 1. The van der Waals surface area contributed by atoms with Crippen molar-refractivity contribution in [3.63, 3.8) is 0 Å². The van der Waals surface area contributed by atoms with Crippen LogP contribution in [0.25, 0.3) is 22.2 Å². The summed E-state index contributed by atoms with van der Waals surface area (Å²) in [6, 6.07) is 11.7. The van der Waals surface area contributed by atoms with Gasteiger partial charge in [0.15, 0.2) is 0 Å². The molecule has 25 heavy (non-hydrogen) atoms. The third kappa shape index (κ3) is 3.29. The average molecular weight is 334 g/mol. The van der Waals surface area contributed by atoms with Crippen LogP contribution in [0.5, 0.6) is 0 Å². The lowest BCUT2D eigenvalue weighted by Crippen LogP contribution is -2.37. The second-order valence-corrected chi connectivity index (χ2v) is 7.00. The van der Waals surface area contributed by atoms with E-state index in [9.17, 15) is 4.79 Å². The second-order valence-electron chi connectivity index (χ2n) is 7.00. The van der Waals surface area contributed by atoms with Crippen LogP contribution in [0.2, 0.25) is 0 Å². The van der Waals surface area contributed by atoms with Crippen LogP contribution in [-0.4, -0.2) is 16.9 Å². The van der Waals surface area contributed by atoms with Gasteiger partial charge in [-0.2, -0.15) is 0 Å². The second kappa shape index (κ2) is 6.71. The van der Waals surface area contributed by atoms with E-state index in [1.54, 1.807) is 12.5 Å². The molecular weight excluding hydrogens is 312 g/mol. The van der Waals surface area contributed by atoms with Crippen LogP contribution in [0.15, 0.2) is 53.3 Å². The standard InChI is InChI=1S/C21H22N2O2/c1-14-2-8-17(9-3-14)23-21(24)16-6-4-15(5-7-16)20-18-11-13-25-19(18)10-12-22-20/h4-7,10-14,17H,2-3,8-9H2,1H3,(H,23,24). The molecule has 1 aliphatic rings. The highest BCUT2D eigenvalue weighted by atomic mass is 16.3. The van der Waals surface area contributed by atoms with Crippen molar-refractivity contribution in [2.24, 2.45) is 5.92 Å². The van der Waals surface area contributed by atoms with Gasteiger partial charge in [-0.15, -0.1) is 0 Å². The minimum Gasteiger partial charge on any atom is -0.464 e. The van der Waals surface area contributed by atoms with Crippen molar-refractivity contribution in [1.29, 1.82) is 0 Å². The van der Waals surface area contributed by atoms with Gasteiger partial charge in [-0.3, -0.25) is 9.78 Å². The fourth-order valence-electron chi connectivity index (χ4n) is 3.58. The highest BCUT2D eigenvalue weighted by Crippen LogP contribution is 2.27. The quantitative estimate of drug-likeness (QED) is 0.748. The summed E-state index contributed by atoms with van der Waals surface area (Å²) in [5, 5.41) is 4.15. The Kier molecular flexibility index (Phi) is 4.26.